The molecule has 3 rings (SSSR count). The highest BCUT2D eigenvalue weighted by Gasteiger charge is 2.08. The summed E-state index contributed by atoms with van der Waals surface area (Å²) in [5.74, 6) is -0.0648. The molecule has 0 aliphatic carbocycles. The number of aryl methyl sites for hydroxylation is 2. The molecule has 0 aliphatic rings. The van der Waals surface area contributed by atoms with E-state index in [1.165, 1.54) is 11.3 Å². The molecule has 0 bridgehead atoms. The summed E-state index contributed by atoms with van der Waals surface area (Å²) in [6.45, 7) is 0.941. The average Bonchev–Trinajstić information content (AvgIpc) is 3.12. The number of para-hydroxylation sites is 2. The standard InChI is InChI=1S/C16H19N5O2S/c17-15-19-11(10-24-15)4-3-8-18-14(22)7-9-21-13-6-2-1-5-12(13)20-16(21)23/h1-2,5-6,10H,3-4,7-9H2,(H2,17,19)(H,18,22)(H,20,23). The van der Waals surface area contributed by atoms with Crippen molar-refractivity contribution in [2.75, 3.05) is 12.3 Å². The first-order chi connectivity index (χ1) is 11.6. The molecule has 0 fully saturated rings. The second-order valence-electron chi connectivity index (χ2n) is 5.48. The van der Waals surface area contributed by atoms with E-state index in [0.717, 1.165) is 29.6 Å². The number of H-pyrrole nitrogens is 1. The van der Waals surface area contributed by atoms with Crippen LogP contribution in [0.4, 0.5) is 5.13 Å². The minimum atomic E-state index is -0.190. The van der Waals surface area contributed by atoms with Gasteiger partial charge in [-0.15, -0.1) is 11.3 Å². The molecular formula is C16H19N5O2S. The summed E-state index contributed by atoms with van der Waals surface area (Å²) in [6.07, 6.45) is 1.86. The predicted molar refractivity (Wildman–Crippen MR) is 95.0 cm³/mol. The molecule has 2 heterocycles. The number of thiazole rings is 1. The maximum Gasteiger partial charge on any atom is 0.326 e. The molecule has 126 valence electrons. The molecule has 4 N–H and O–H groups in total. The van der Waals surface area contributed by atoms with Crippen molar-refractivity contribution in [3.8, 4) is 0 Å². The Hall–Kier alpha value is -2.61. The lowest BCUT2D eigenvalue weighted by atomic mass is 10.2. The van der Waals surface area contributed by atoms with Gasteiger partial charge in [0.1, 0.15) is 0 Å². The van der Waals surface area contributed by atoms with Crippen molar-refractivity contribution >= 4 is 33.4 Å². The molecule has 2 aromatic heterocycles. The molecule has 0 saturated heterocycles. The number of nitrogens with zero attached hydrogens (tertiary/aromatic N) is 2. The van der Waals surface area contributed by atoms with Gasteiger partial charge in [0, 0.05) is 24.9 Å². The summed E-state index contributed by atoms with van der Waals surface area (Å²) in [6, 6.07) is 7.45. The minimum Gasteiger partial charge on any atom is -0.375 e. The van der Waals surface area contributed by atoms with Gasteiger partial charge in [-0.25, -0.2) is 9.78 Å². The first-order valence-electron chi connectivity index (χ1n) is 7.77. The van der Waals surface area contributed by atoms with Gasteiger partial charge in [-0.3, -0.25) is 9.36 Å². The molecule has 0 spiro atoms. The second-order valence-corrected chi connectivity index (χ2v) is 6.37. The zero-order valence-electron chi connectivity index (χ0n) is 13.1. The van der Waals surface area contributed by atoms with Gasteiger partial charge in [0.2, 0.25) is 5.91 Å². The van der Waals surface area contributed by atoms with E-state index in [-0.39, 0.29) is 18.0 Å². The Morgan fingerprint density at radius 2 is 2.21 bits per heavy atom. The number of imidazole rings is 1. The van der Waals surface area contributed by atoms with Crippen LogP contribution < -0.4 is 16.7 Å². The minimum absolute atomic E-state index is 0.0648. The van der Waals surface area contributed by atoms with E-state index in [2.05, 4.69) is 15.3 Å². The summed E-state index contributed by atoms with van der Waals surface area (Å²) in [5, 5.41) is 5.37. The Morgan fingerprint density at radius 3 is 3.00 bits per heavy atom. The van der Waals surface area contributed by atoms with Crippen LogP contribution in [0.25, 0.3) is 11.0 Å². The lowest BCUT2D eigenvalue weighted by molar-refractivity contribution is -0.121. The number of nitrogen functional groups attached to an aromatic ring is 1. The number of aromatic amines is 1. The number of hydrogen-bond donors (Lipinski definition) is 3. The zero-order chi connectivity index (χ0) is 16.9. The Balaban J connectivity index is 1.45. The number of aromatic nitrogens is 3. The van der Waals surface area contributed by atoms with E-state index in [1.807, 2.05) is 29.6 Å². The van der Waals surface area contributed by atoms with Crippen LogP contribution in [0, 0.1) is 0 Å². The summed E-state index contributed by atoms with van der Waals surface area (Å²) in [4.78, 5) is 30.8. The number of anilines is 1. The van der Waals surface area contributed by atoms with Gasteiger partial charge in [0.05, 0.1) is 16.7 Å². The molecular weight excluding hydrogens is 326 g/mol. The van der Waals surface area contributed by atoms with E-state index in [1.54, 1.807) is 4.57 Å². The summed E-state index contributed by atoms with van der Waals surface area (Å²) in [7, 11) is 0. The number of nitrogens with one attached hydrogen (secondary N) is 2. The van der Waals surface area contributed by atoms with Crippen molar-refractivity contribution in [3.63, 3.8) is 0 Å². The van der Waals surface area contributed by atoms with Gasteiger partial charge in [0.25, 0.3) is 0 Å². The van der Waals surface area contributed by atoms with Gasteiger partial charge >= 0.3 is 5.69 Å². The van der Waals surface area contributed by atoms with Gasteiger partial charge in [0.15, 0.2) is 5.13 Å². The number of benzene rings is 1. The Kier molecular flexibility index (Phi) is 4.95. The van der Waals surface area contributed by atoms with Crippen LogP contribution in [0.1, 0.15) is 18.5 Å². The third-order valence-electron chi connectivity index (χ3n) is 3.75. The van der Waals surface area contributed by atoms with Crippen molar-refractivity contribution in [1.82, 2.24) is 19.9 Å². The quantitative estimate of drug-likeness (QED) is 0.564. The number of hydrogen-bond acceptors (Lipinski definition) is 5. The topological polar surface area (TPSA) is 106 Å². The van der Waals surface area contributed by atoms with Gasteiger partial charge in [-0.05, 0) is 25.0 Å². The molecule has 3 aromatic rings. The molecule has 7 nitrogen and oxygen atoms in total. The van der Waals surface area contributed by atoms with Crippen LogP contribution in [0.5, 0.6) is 0 Å². The number of carbonyl (C=O) groups excluding carboxylic acids is 1. The van der Waals surface area contributed by atoms with E-state index in [0.29, 0.717) is 18.2 Å². The van der Waals surface area contributed by atoms with E-state index >= 15 is 0 Å². The Morgan fingerprint density at radius 1 is 1.38 bits per heavy atom. The fraction of sp³-hybridized carbons (Fsp3) is 0.312. The maximum atomic E-state index is 11.9. The fourth-order valence-electron chi connectivity index (χ4n) is 2.57. The molecule has 0 unspecified atom stereocenters. The summed E-state index contributed by atoms with van der Waals surface area (Å²) in [5.41, 5.74) is 7.94. The van der Waals surface area contributed by atoms with E-state index in [9.17, 15) is 9.59 Å². The van der Waals surface area contributed by atoms with Gasteiger partial charge < -0.3 is 16.0 Å². The smallest absolute Gasteiger partial charge is 0.326 e. The molecule has 0 aliphatic heterocycles. The molecule has 1 amide bonds. The van der Waals surface area contributed by atoms with Crippen LogP contribution in [-0.4, -0.2) is 27.0 Å². The van der Waals surface area contributed by atoms with Gasteiger partial charge in [-0.1, -0.05) is 12.1 Å². The molecule has 0 atom stereocenters. The average molecular weight is 345 g/mol. The Bertz CT molecular complexity index is 895. The van der Waals surface area contributed by atoms with Crippen molar-refractivity contribution in [2.45, 2.75) is 25.8 Å². The normalized spacial score (nSPS) is 11.0. The number of rotatable bonds is 7. The SMILES string of the molecule is Nc1nc(CCCNC(=O)CCn2c(=O)[nH]c3ccccc32)cs1. The van der Waals surface area contributed by atoms with Crippen LogP contribution in [0.15, 0.2) is 34.4 Å². The third-order valence-corrected chi connectivity index (χ3v) is 4.47. The predicted octanol–water partition coefficient (Wildman–Crippen LogP) is 1.51. The number of fused-ring (bicyclic) bond motifs is 1. The highest BCUT2D eigenvalue weighted by atomic mass is 32.1. The highest BCUT2D eigenvalue weighted by molar-refractivity contribution is 7.13. The van der Waals surface area contributed by atoms with Crippen molar-refractivity contribution in [3.05, 3.63) is 45.8 Å². The van der Waals surface area contributed by atoms with Crippen molar-refractivity contribution in [1.29, 1.82) is 0 Å². The molecule has 1 aromatic carbocycles. The van der Waals surface area contributed by atoms with Crippen molar-refractivity contribution < 1.29 is 4.79 Å². The number of amides is 1. The fourth-order valence-corrected chi connectivity index (χ4v) is 3.16. The highest BCUT2D eigenvalue weighted by Crippen LogP contribution is 2.12. The van der Waals surface area contributed by atoms with Crippen LogP contribution >= 0.6 is 11.3 Å². The first kappa shape index (κ1) is 16.3. The van der Waals surface area contributed by atoms with Gasteiger partial charge in [-0.2, -0.15) is 0 Å². The van der Waals surface area contributed by atoms with Crippen molar-refractivity contribution in [2.24, 2.45) is 0 Å². The maximum absolute atomic E-state index is 11.9. The van der Waals surface area contributed by atoms with Crippen LogP contribution in [-0.2, 0) is 17.8 Å². The lowest BCUT2D eigenvalue weighted by Gasteiger charge is -2.05. The monoisotopic (exact) mass is 345 g/mol. The van der Waals surface area contributed by atoms with E-state index in [4.69, 9.17) is 5.73 Å². The number of nitrogens with two attached hydrogens (primary N) is 1. The molecule has 0 saturated carbocycles. The summed E-state index contributed by atoms with van der Waals surface area (Å²) < 4.78 is 1.59. The summed E-state index contributed by atoms with van der Waals surface area (Å²) >= 11 is 1.42. The largest absolute Gasteiger partial charge is 0.375 e. The van der Waals surface area contributed by atoms with Crippen LogP contribution in [0.2, 0.25) is 0 Å². The van der Waals surface area contributed by atoms with E-state index < -0.39 is 0 Å². The third kappa shape index (κ3) is 3.83. The molecule has 24 heavy (non-hydrogen) atoms. The lowest BCUT2D eigenvalue weighted by Crippen LogP contribution is -2.27. The number of carbonyl (C=O) groups is 1. The second kappa shape index (κ2) is 7.31. The molecule has 0 radical (unpaired) electrons. The van der Waals surface area contributed by atoms with Crippen LogP contribution in [0.3, 0.4) is 0 Å². The zero-order valence-corrected chi connectivity index (χ0v) is 13.9. The Labute approximate surface area is 142 Å². The first-order valence-corrected chi connectivity index (χ1v) is 8.65. The molecule has 8 heteroatoms.